The third kappa shape index (κ3) is 5.96. The molecule has 31 heavy (non-hydrogen) atoms. The van der Waals surface area contributed by atoms with Gasteiger partial charge in [0, 0.05) is 24.8 Å². The fourth-order valence-electron chi connectivity index (χ4n) is 3.10. The fourth-order valence-corrected chi connectivity index (χ4v) is 4.16. The number of aromatic nitrogens is 1. The second kappa shape index (κ2) is 10.3. The highest BCUT2D eigenvalue weighted by Crippen LogP contribution is 2.30. The van der Waals surface area contributed by atoms with Gasteiger partial charge in [-0.1, -0.05) is 24.3 Å². The van der Waals surface area contributed by atoms with E-state index < -0.39 is 4.92 Å². The number of hydrogen-bond acceptors (Lipinski definition) is 6. The van der Waals surface area contributed by atoms with Gasteiger partial charge in [0.05, 0.1) is 15.1 Å². The number of carbonyl (C=O) groups excluding carboxylic acids is 1. The van der Waals surface area contributed by atoms with Crippen LogP contribution in [0.2, 0.25) is 0 Å². The monoisotopic (exact) mass is 438 g/mol. The normalized spacial score (nSPS) is 11.5. The molecule has 7 nitrogen and oxygen atoms in total. The molecular weight excluding hydrogens is 412 g/mol. The minimum absolute atomic E-state index is 0.0229. The molecule has 0 spiro atoms. The van der Waals surface area contributed by atoms with Crippen LogP contribution in [0, 0.1) is 10.1 Å². The maximum Gasteiger partial charge on any atom is 0.269 e. The summed E-state index contributed by atoms with van der Waals surface area (Å²) >= 11 is 1.52. The second-order valence-electron chi connectivity index (χ2n) is 7.48. The minimum atomic E-state index is -0.442. The Kier molecular flexibility index (Phi) is 7.49. The number of benzene rings is 2. The molecule has 0 saturated heterocycles. The van der Waals surface area contributed by atoms with E-state index in [-0.39, 0.29) is 11.6 Å². The average Bonchev–Trinajstić information content (AvgIpc) is 3.17. The number of nitro groups is 1. The van der Waals surface area contributed by atoms with Gasteiger partial charge in [-0.05, 0) is 75.0 Å². The Labute approximate surface area is 185 Å². The zero-order valence-electron chi connectivity index (χ0n) is 17.9. The summed E-state index contributed by atoms with van der Waals surface area (Å²) in [4.78, 5) is 31.9. The molecule has 0 fully saturated rings. The molecule has 0 atom stereocenters. The Morgan fingerprint density at radius 1 is 1.16 bits per heavy atom. The number of aryl methyl sites for hydroxylation is 1. The van der Waals surface area contributed by atoms with Crippen molar-refractivity contribution in [2.75, 3.05) is 32.1 Å². The topological polar surface area (TPSA) is 79.6 Å². The Hall–Kier alpha value is -3.10. The number of fused-ring (bicyclic) bond motifs is 1. The third-order valence-corrected chi connectivity index (χ3v) is 5.90. The van der Waals surface area contributed by atoms with E-state index in [1.54, 1.807) is 23.1 Å². The van der Waals surface area contributed by atoms with Gasteiger partial charge in [-0.25, -0.2) is 4.98 Å². The first-order valence-corrected chi connectivity index (χ1v) is 11.0. The number of amides is 1. The molecule has 3 rings (SSSR count). The maximum atomic E-state index is 13.1. The van der Waals surface area contributed by atoms with E-state index in [2.05, 4.69) is 24.0 Å². The fraction of sp³-hybridized carbons (Fsp3) is 0.304. The third-order valence-electron chi connectivity index (χ3n) is 4.86. The van der Waals surface area contributed by atoms with Crippen LogP contribution in [0.1, 0.15) is 24.5 Å². The SMILES string of the molecule is CCc1ccc2nc(N(CCCN(C)C)C(=O)C=Cc3ccc([N+](=O)[O-])cc3)sc2c1. The van der Waals surface area contributed by atoms with Crippen molar-refractivity contribution >= 4 is 44.4 Å². The zero-order valence-corrected chi connectivity index (χ0v) is 18.8. The Bertz CT molecular complexity index is 1090. The van der Waals surface area contributed by atoms with Crippen molar-refractivity contribution < 1.29 is 9.72 Å². The molecule has 0 radical (unpaired) electrons. The van der Waals surface area contributed by atoms with Crippen LogP contribution >= 0.6 is 11.3 Å². The van der Waals surface area contributed by atoms with Crippen LogP contribution in [0.3, 0.4) is 0 Å². The quantitative estimate of drug-likeness (QED) is 0.273. The van der Waals surface area contributed by atoms with Crippen LogP contribution in [0.15, 0.2) is 48.5 Å². The molecule has 0 aliphatic rings. The number of hydrogen-bond donors (Lipinski definition) is 0. The van der Waals surface area contributed by atoms with Gasteiger partial charge in [-0.3, -0.25) is 19.8 Å². The first-order chi connectivity index (χ1) is 14.9. The lowest BCUT2D eigenvalue weighted by Crippen LogP contribution is -2.32. The van der Waals surface area contributed by atoms with E-state index in [0.717, 1.165) is 35.2 Å². The zero-order chi connectivity index (χ0) is 22.4. The van der Waals surface area contributed by atoms with Crippen molar-refractivity contribution in [1.82, 2.24) is 9.88 Å². The summed E-state index contributed by atoms with van der Waals surface area (Å²) in [6.07, 6.45) is 4.95. The van der Waals surface area contributed by atoms with Crippen molar-refractivity contribution in [2.24, 2.45) is 0 Å². The molecule has 8 heteroatoms. The van der Waals surface area contributed by atoms with Crippen molar-refractivity contribution in [1.29, 1.82) is 0 Å². The van der Waals surface area contributed by atoms with Crippen molar-refractivity contribution in [3.05, 3.63) is 69.8 Å². The van der Waals surface area contributed by atoms with E-state index in [1.165, 1.54) is 35.1 Å². The summed E-state index contributed by atoms with van der Waals surface area (Å²) in [5.74, 6) is -0.160. The van der Waals surface area contributed by atoms with Gasteiger partial charge >= 0.3 is 0 Å². The van der Waals surface area contributed by atoms with Crippen molar-refractivity contribution in [3.8, 4) is 0 Å². The Balaban J connectivity index is 1.83. The predicted molar refractivity (Wildman–Crippen MR) is 127 cm³/mol. The number of thiazole rings is 1. The maximum absolute atomic E-state index is 13.1. The lowest BCUT2D eigenvalue weighted by molar-refractivity contribution is -0.384. The molecule has 2 aromatic carbocycles. The molecule has 0 saturated carbocycles. The number of nitrogens with zero attached hydrogens (tertiary/aromatic N) is 4. The molecule has 0 aliphatic carbocycles. The predicted octanol–water partition coefficient (Wildman–Crippen LogP) is 4.77. The van der Waals surface area contributed by atoms with Crippen LogP contribution in [-0.2, 0) is 11.2 Å². The molecular formula is C23H26N4O3S. The van der Waals surface area contributed by atoms with Crippen LogP contribution in [0.4, 0.5) is 10.8 Å². The van der Waals surface area contributed by atoms with Crippen LogP contribution in [0.25, 0.3) is 16.3 Å². The van der Waals surface area contributed by atoms with Crippen molar-refractivity contribution in [3.63, 3.8) is 0 Å². The number of non-ortho nitro benzene ring substituents is 1. The molecule has 0 bridgehead atoms. The number of nitro benzene ring substituents is 1. The number of carbonyl (C=O) groups is 1. The van der Waals surface area contributed by atoms with E-state index in [9.17, 15) is 14.9 Å². The highest BCUT2D eigenvalue weighted by Gasteiger charge is 2.18. The largest absolute Gasteiger partial charge is 0.309 e. The smallest absolute Gasteiger partial charge is 0.269 e. The van der Waals surface area contributed by atoms with Gasteiger partial charge in [0.15, 0.2) is 5.13 Å². The highest BCUT2D eigenvalue weighted by atomic mass is 32.1. The standard InChI is InChI=1S/C23H26N4O3S/c1-4-17-8-12-20-21(16-17)31-23(24-20)26(15-5-14-25(2)3)22(28)13-9-18-6-10-19(11-7-18)27(29)30/h6-13,16H,4-5,14-15H2,1-3H3. The van der Waals surface area contributed by atoms with Crippen LogP contribution in [-0.4, -0.2) is 47.9 Å². The van der Waals surface area contributed by atoms with E-state index >= 15 is 0 Å². The lowest BCUT2D eigenvalue weighted by atomic mass is 10.2. The van der Waals surface area contributed by atoms with Crippen LogP contribution < -0.4 is 4.90 Å². The Morgan fingerprint density at radius 2 is 1.90 bits per heavy atom. The first-order valence-electron chi connectivity index (χ1n) is 10.2. The molecule has 1 heterocycles. The number of anilines is 1. The summed E-state index contributed by atoms with van der Waals surface area (Å²) in [7, 11) is 4.01. The van der Waals surface area contributed by atoms with Gasteiger partial charge < -0.3 is 4.90 Å². The van der Waals surface area contributed by atoms with Gasteiger partial charge in [0.1, 0.15) is 0 Å². The first kappa shape index (κ1) is 22.6. The highest BCUT2D eigenvalue weighted by molar-refractivity contribution is 7.22. The van der Waals surface area contributed by atoms with E-state index in [0.29, 0.717) is 11.7 Å². The lowest BCUT2D eigenvalue weighted by Gasteiger charge is -2.19. The minimum Gasteiger partial charge on any atom is -0.309 e. The summed E-state index contributed by atoms with van der Waals surface area (Å²) in [6, 6.07) is 12.3. The molecule has 3 aromatic rings. The molecule has 0 N–H and O–H groups in total. The van der Waals surface area contributed by atoms with Gasteiger partial charge in [0.2, 0.25) is 0 Å². The Morgan fingerprint density at radius 3 is 2.55 bits per heavy atom. The summed E-state index contributed by atoms with van der Waals surface area (Å²) in [6.45, 7) is 3.53. The molecule has 162 valence electrons. The summed E-state index contributed by atoms with van der Waals surface area (Å²) < 4.78 is 1.07. The molecule has 0 unspecified atom stereocenters. The van der Waals surface area contributed by atoms with Crippen LogP contribution in [0.5, 0.6) is 0 Å². The van der Waals surface area contributed by atoms with E-state index in [1.807, 2.05) is 20.2 Å². The number of rotatable bonds is 9. The molecule has 0 aliphatic heterocycles. The molecule has 1 amide bonds. The summed E-state index contributed by atoms with van der Waals surface area (Å²) in [5.41, 5.74) is 2.88. The van der Waals surface area contributed by atoms with E-state index in [4.69, 9.17) is 4.98 Å². The summed E-state index contributed by atoms with van der Waals surface area (Å²) in [5, 5.41) is 11.5. The van der Waals surface area contributed by atoms with Gasteiger partial charge in [-0.2, -0.15) is 0 Å². The molecule has 1 aromatic heterocycles. The second-order valence-corrected chi connectivity index (χ2v) is 8.49. The average molecular weight is 439 g/mol. The van der Waals surface area contributed by atoms with Crippen molar-refractivity contribution in [2.45, 2.75) is 19.8 Å². The van der Waals surface area contributed by atoms with Gasteiger partial charge in [0.25, 0.3) is 11.6 Å². The van der Waals surface area contributed by atoms with Gasteiger partial charge in [-0.15, -0.1) is 0 Å².